The number of hydrogen-bond donors (Lipinski definition) is 1. The van der Waals surface area contributed by atoms with Crippen molar-refractivity contribution in [2.75, 3.05) is 5.43 Å². The van der Waals surface area contributed by atoms with Gasteiger partial charge in [-0.05, 0) is 17.5 Å². The zero-order chi connectivity index (χ0) is 16.3. The van der Waals surface area contributed by atoms with Gasteiger partial charge in [0.05, 0.1) is 22.3 Å². The Morgan fingerprint density at radius 3 is 2.65 bits per heavy atom. The smallest absolute Gasteiger partial charge is 0.253 e. The van der Waals surface area contributed by atoms with E-state index in [9.17, 15) is 13.2 Å². The Morgan fingerprint density at radius 2 is 1.91 bits per heavy atom. The molecule has 3 nitrogen and oxygen atoms in total. The molecule has 0 spiro atoms. The van der Waals surface area contributed by atoms with Gasteiger partial charge in [0.1, 0.15) is 0 Å². The van der Waals surface area contributed by atoms with Gasteiger partial charge in [-0.1, -0.05) is 24.3 Å². The highest BCUT2D eigenvalue weighted by atomic mass is 32.1. The largest absolute Gasteiger partial charge is 0.417 e. The van der Waals surface area contributed by atoms with E-state index < -0.39 is 11.7 Å². The molecule has 0 atom stereocenters. The topological polar surface area (TPSA) is 37.3 Å². The van der Waals surface area contributed by atoms with Gasteiger partial charge in [-0.15, -0.1) is 22.7 Å². The summed E-state index contributed by atoms with van der Waals surface area (Å²) in [6, 6.07) is 9.16. The summed E-state index contributed by atoms with van der Waals surface area (Å²) < 4.78 is 38.6. The molecule has 1 N–H and O–H groups in total. The average molecular weight is 353 g/mol. The summed E-state index contributed by atoms with van der Waals surface area (Å²) in [4.78, 5) is 5.37. The maximum atomic E-state index is 12.9. The number of halogens is 3. The first kappa shape index (κ1) is 15.7. The SMILES string of the molecule is FC(F)(F)c1ccccc1/C=N\Nc1nc(-c2cccs2)cs1. The van der Waals surface area contributed by atoms with Crippen molar-refractivity contribution in [2.24, 2.45) is 5.10 Å². The van der Waals surface area contributed by atoms with Gasteiger partial charge in [0, 0.05) is 10.9 Å². The highest BCUT2D eigenvalue weighted by Crippen LogP contribution is 2.31. The van der Waals surface area contributed by atoms with E-state index >= 15 is 0 Å². The Balaban J connectivity index is 1.73. The third-order valence-corrected chi connectivity index (χ3v) is 4.55. The third kappa shape index (κ3) is 3.77. The van der Waals surface area contributed by atoms with Crippen LogP contribution >= 0.6 is 22.7 Å². The second-order valence-electron chi connectivity index (χ2n) is 4.47. The molecule has 0 aliphatic rings. The lowest BCUT2D eigenvalue weighted by Crippen LogP contribution is -2.08. The fourth-order valence-electron chi connectivity index (χ4n) is 1.89. The van der Waals surface area contributed by atoms with Crippen LogP contribution in [0.15, 0.2) is 52.3 Å². The summed E-state index contributed by atoms with van der Waals surface area (Å²) in [6.07, 6.45) is -3.26. The molecule has 0 amide bonds. The van der Waals surface area contributed by atoms with Crippen LogP contribution in [0.1, 0.15) is 11.1 Å². The molecule has 1 aromatic carbocycles. The van der Waals surface area contributed by atoms with E-state index in [4.69, 9.17) is 0 Å². The molecule has 2 aromatic heterocycles. The second kappa shape index (κ2) is 6.51. The maximum Gasteiger partial charge on any atom is 0.417 e. The molecule has 23 heavy (non-hydrogen) atoms. The summed E-state index contributed by atoms with van der Waals surface area (Å²) in [5.74, 6) is 0. The number of thiazole rings is 1. The van der Waals surface area contributed by atoms with E-state index in [1.165, 1.54) is 29.5 Å². The molecule has 0 radical (unpaired) electrons. The van der Waals surface area contributed by atoms with Crippen LogP contribution in [0.3, 0.4) is 0 Å². The number of benzene rings is 1. The third-order valence-electron chi connectivity index (χ3n) is 2.91. The molecule has 0 saturated carbocycles. The van der Waals surface area contributed by atoms with E-state index in [2.05, 4.69) is 15.5 Å². The first-order valence-electron chi connectivity index (χ1n) is 6.49. The lowest BCUT2D eigenvalue weighted by molar-refractivity contribution is -0.137. The number of hydrogen-bond acceptors (Lipinski definition) is 5. The van der Waals surface area contributed by atoms with Crippen LogP contribution < -0.4 is 5.43 Å². The minimum Gasteiger partial charge on any atom is -0.253 e. The second-order valence-corrected chi connectivity index (χ2v) is 6.28. The number of alkyl halides is 3. The number of rotatable bonds is 4. The highest BCUT2D eigenvalue weighted by molar-refractivity contribution is 7.15. The normalized spacial score (nSPS) is 12.0. The maximum absolute atomic E-state index is 12.9. The summed E-state index contributed by atoms with van der Waals surface area (Å²) in [5, 5.41) is 8.20. The summed E-state index contributed by atoms with van der Waals surface area (Å²) in [6.45, 7) is 0. The van der Waals surface area contributed by atoms with Gasteiger partial charge >= 0.3 is 6.18 Å². The van der Waals surface area contributed by atoms with Crippen LogP contribution in [-0.2, 0) is 6.18 Å². The number of nitrogens with zero attached hydrogens (tertiary/aromatic N) is 2. The molecule has 0 aliphatic carbocycles. The molecule has 0 saturated heterocycles. The average Bonchev–Trinajstić information content (AvgIpc) is 3.17. The van der Waals surface area contributed by atoms with Gasteiger partial charge in [0.15, 0.2) is 0 Å². The first-order valence-corrected chi connectivity index (χ1v) is 8.24. The Morgan fingerprint density at radius 1 is 1.09 bits per heavy atom. The van der Waals surface area contributed by atoms with Crippen LogP contribution in [0, 0.1) is 0 Å². The molecule has 3 aromatic rings. The molecule has 0 unspecified atom stereocenters. The van der Waals surface area contributed by atoms with Crippen molar-refractivity contribution in [3.8, 4) is 10.6 Å². The lowest BCUT2D eigenvalue weighted by atomic mass is 10.1. The molecule has 2 heterocycles. The molecule has 0 aliphatic heterocycles. The quantitative estimate of drug-likeness (QED) is 0.508. The van der Waals surface area contributed by atoms with Crippen LogP contribution in [0.2, 0.25) is 0 Å². The fraction of sp³-hybridized carbons (Fsp3) is 0.0667. The zero-order valence-corrected chi connectivity index (χ0v) is 13.2. The molecule has 8 heteroatoms. The van der Waals surface area contributed by atoms with Gasteiger partial charge in [-0.2, -0.15) is 18.3 Å². The van der Waals surface area contributed by atoms with Crippen molar-refractivity contribution >= 4 is 34.0 Å². The summed E-state index contributed by atoms with van der Waals surface area (Å²) in [5.41, 5.74) is 2.77. The Labute approximate surface area is 138 Å². The summed E-state index contributed by atoms with van der Waals surface area (Å²) in [7, 11) is 0. The van der Waals surface area contributed by atoms with E-state index in [1.54, 1.807) is 11.3 Å². The van der Waals surface area contributed by atoms with Crippen molar-refractivity contribution in [1.29, 1.82) is 0 Å². The predicted molar refractivity (Wildman–Crippen MR) is 88.1 cm³/mol. The van der Waals surface area contributed by atoms with Crippen molar-refractivity contribution in [3.05, 3.63) is 58.3 Å². The monoisotopic (exact) mass is 353 g/mol. The number of hydrazone groups is 1. The Bertz CT molecular complexity index is 807. The van der Waals surface area contributed by atoms with Gasteiger partial charge in [0.2, 0.25) is 5.13 Å². The van der Waals surface area contributed by atoms with Crippen molar-refractivity contribution < 1.29 is 13.2 Å². The molecule has 0 fully saturated rings. The molecular weight excluding hydrogens is 343 g/mol. The predicted octanol–water partition coefficient (Wildman–Crippen LogP) is 5.34. The minimum absolute atomic E-state index is 0.00235. The van der Waals surface area contributed by atoms with Crippen LogP contribution in [0.4, 0.5) is 18.3 Å². The van der Waals surface area contributed by atoms with Crippen LogP contribution in [-0.4, -0.2) is 11.2 Å². The number of anilines is 1. The molecule has 3 rings (SSSR count). The standard InChI is InChI=1S/C15H10F3N3S2/c16-15(17,18)11-5-2-1-4-10(11)8-19-21-14-20-12(9-23-14)13-6-3-7-22-13/h1-9H,(H,20,21)/b19-8-. The Kier molecular flexibility index (Phi) is 4.44. The minimum atomic E-state index is -4.41. The number of nitrogens with one attached hydrogen (secondary N) is 1. The fourth-order valence-corrected chi connectivity index (χ4v) is 3.31. The van der Waals surface area contributed by atoms with Crippen LogP contribution in [0.25, 0.3) is 10.6 Å². The van der Waals surface area contributed by atoms with Gasteiger partial charge in [-0.25, -0.2) is 4.98 Å². The van der Waals surface area contributed by atoms with Crippen molar-refractivity contribution in [1.82, 2.24) is 4.98 Å². The van der Waals surface area contributed by atoms with Crippen molar-refractivity contribution in [3.63, 3.8) is 0 Å². The van der Waals surface area contributed by atoms with E-state index in [0.717, 1.165) is 22.9 Å². The zero-order valence-electron chi connectivity index (χ0n) is 11.5. The number of aromatic nitrogens is 1. The van der Waals surface area contributed by atoms with Crippen molar-refractivity contribution in [2.45, 2.75) is 6.18 Å². The first-order chi connectivity index (χ1) is 11.0. The lowest BCUT2D eigenvalue weighted by Gasteiger charge is -2.08. The Hall–Kier alpha value is -2.19. The number of thiophene rings is 1. The van der Waals surface area contributed by atoms with Crippen LogP contribution in [0.5, 0.6) is 0 Å². The van der Waals surface area contributed by atoms with Gasteiger partial charge < -0.3 is 0 Å². The molecule has 118 valence electrons. The summed E-state index contributed by atoms with van der Waals surface area (Å²) >= 11 is 2.91. The molecule has 0 bridgehead atoms. The molecular formula is C15H10F3N3S2. The van der Waals surface area contributed by atoms with E-state index in [0.29, 0.717) is 5.13 Å². The van der Waals surface area contributed by atoms with E-state index in [1.807, 2.05) is 22.9 Å². The van der Waals surface area contributed by atoms with Gasteiger partial charge in [-0.3, -0.25) is 5.43 Å². The van der Waals surface area contributed by atoms with Gasteiger partial charge in [0.25, 0.3) is 0 Å². The van der Waals surface area contributed by atoms with E-state index in [-0.39, 0.29) is 5.56 Å². The highest BCUT2D eigenvalue weighted by Gasteiger charge is 2.32.